The lowest BCUT2D eigenvalue weighted by Crippen LogP contribution is -2.45. The number of aliphatic hydroxyl groups excluding tert-OH is 2. The quantitative estimate of drug-likeness (QED) is 0.0421. The molecule has 0 aliphatic carbocycles. The Morgan fingerprint density at radius 1 is 0.391 bits per heavy atom. The molecule has 2 unspecified atom stereocenters. The van der Waals surface area contributed by atoms with E-state index in [-0.39, 0.29) is 12.5 Å². The highest BCUT2D eigenvalue weighted by Gasteiger charge is 2.17. The lowest BCUT2D eigenvalue weighted by Gasteiger charge is -2.19. The monoisotopic (exact) mass is 882 g/mol. The highest BCUT2D eigenvalue weighted by atomic mass is 16.3. The average molecular weight is 882 g/mol. The molecule has 0 spiro atoms. The number of hydrogen-bond donors (Lipinski definition) is 3. The first-order chi connectivity index (χ1) is 31.7. The van der Waals surface area contributed by atoms with Gasteiger partial charge in [0, 0.05) is 6.42 Å². The van der Waals surface area contributed by atoms with E-state index in [0.717, 1.165) is 89.9 Å². The summed E-state index contributed by atoms with van der Waals surface area (Å²) in [6.07, 6.45) is 84.5. The summed E-state index contributed by atoms with van der Waals surface area (Å²) >= 11 is 0. The van der Waals surface area contributed by atoms with Crippen LogP contribution in [0.25, 0.3) is 0 Å². The van der Waals surface area contributed by atoms with Gasteiger partial charge in [-0.1, -0.05) is 237 Å². The van der Waals surface area contributed by atoms with Gasteiger partial charge in [0.05, 0.1) is 18.8 Å². The van der Waals surface area contributed by atoms with Crippen LogP contribution in [0, 0.1) is 0 Å². The number of amides is 1. The van der Waals surface area contributed by atoms with Gasteiger partial charge >= 0.3 is 0 Å². The van der Waals surface area contributed by atoms with E-state index in [1.54, 1.807) is 6.08 Å². The largest absolute Gasteiger partial charge is 0.394 e. The minimum Gasteiger partial charge on any atom is -0.394 e. The zero-order chi connectivity index (χ0) is 46.3. The molecule has 0 rings (SSSR count). The van der Waals surface area contributed by atoms with Gasteiger partial charge < -0.3 is 15.5 Å². The number of allylic oxidation sites excluding steroid dienone is 21. The molecule has 2 atom stereocenters. The molecule has 0 saturated heterocycles. The van der Waals surface area contributed by atoms with Gasteiger partial charge in [-0.2, -0.15) is 0 Å². The first-order valence-electron chi connectivity index (χ1n) is 26.4. The molecule has 0 saturated carbocycles. The third-order valence-electron chi connectivity index (χ3n) is 11.1. The maximum atomic E-state index is 12.4. The van der Waals surface area contributed by atoms with Crippen LogP contribution in [0.5, 0.6) is 0 Å². The minimum atomic E-state index is -0.878. The summed E-state index contributed by atoms with van der Waals surface area (Å²) in [4.78, 5) is 12.4. The van der Waals surface area contributed by atoms with Crippen LogP contribution in [0.3, 0.4) is 0 Å². The number of nitrogens with one attached hydrogen (secondary N) is 1. The van der Waals surface area contributed by atoms with E-state index in [1.165, 1.54) is 109 Å². The molecule has 3 N–H and O–H groups in total. The summed E-state index contributed by atoms with van der Waals surface area (Å²) in [6.45, 7) is 4.15. The molecular formula is C60H99NO3. The molecular weight excluding hydrogens is 783 g/mol. The zero-order valence-electron chi connectivity index (χ0n) is 41.5. The van der Waals surface area contributed by atoms with E-state index in [1.807, 2.05) is 6.08 Å². The zero-order valence-corrected chi connectivity index (χ0v) is 41.5. The fraction of sp³-hybridized carbons (Fsp3) is 0.617. The SMILES string of the molecule is CC/C=C\C/C=C\C/C=C\C/C=C\C/C=C\C/C=C\C/C=C\C/C=C\CCCCCCCCCCCCCCC(=O)NC(CO)C(O)/C=C/CC/C=C/CC/C=C/CCCCCCC. The lowest BCUT2D eigenvalue weighted by molar-refractivity contribution is -0.123. The van der Waals surface area contributed by atoms with Crippen molar-refractivity contribution in [1.82, 2.24) is 5.32 Å². The van der Waals surface area contributed by atoms with Crippen LogP contribution < -0.4 is 5.32 Å². The molecule has 0 radical (unpaired) electrons. The van der Waals surface area contributed by atoms with Crippen molar-refractivity contribution in [1.29, 1.82) is 0 Å². The van der Waals surface area contributed by atoms with Crippen molar-refractivity contribution in [3.8, 4) is 0 Å². The molecule has 0 aliphatic heterocycles. The van der Waals surface area contributed by atoms with E-state index in [4.69, 9.17) is 0 Å². The maximum Gasteiger partial charge on any atom is 0.220 e. The Labute approximate surface area is 396 Å². The number of carbonyl (C=O) groups excluding carboxylic acids is 1. The van der Waals surface area contributed by atoms with Crippen molar-refractivity contribution in [2.75, 3.05) is 6.61 Å². The fourth-order valence-electron chi connectivity index (χ4n) is 7.11. The van der Waals surface area contributed by atoms with Gasteiger partial charge in [-0.25, -0.2) is 0 Å². The molecule has 0 heterocycles. The van der Waals surface area contributed by atoms with Gasteiger partial charge in [-0.3, -0.25) is 4.79 Å². The van der Waals surface area contributed by atoms with Crippen molar-refractivity contribution < 1.29 is 15.0 Å². The molecule has 4 nitrogen and oxygen atoms in total. The molecule has 0 aliphatic rings. The lowest BCUT2D eigenvalue weighted by atomic mass is 10.0. The van der Waals surface area contributed by atoms with E-state index >= 15 is 0 Å². The van der Waals surface area contributed by atoms with Crippen LogP contribution >= 0.6 is 0 Å². The van der Waals surface area contributed by atoms with Crippen LogP contribution in [-0.2, 0) is 4.79 Å². The van der Waals surface area contributed by atoms with Crippen LogP contribution in [-0.4, -0.2) is 34.9 Å². The molecule has 4 heteroatoms. The smallest absolute Gasteiger partial charge is 0.220 e. The van der Waals surface area contributed by atoms with E-state index < -0.39 is 12.1 Å². The van der Waals surface area contributed by atoms with Crippen LogP contribution in [0.4, 0.5) is 0 Å². The Hall–Kier alpha value is -3.47. The van der Waals surface area contributed by atoms with Crippen LogP contribution in [0.1, 0.15) is 219 Å². The summed E-state index contributed by atoms with van der Waals surface area (Å²) in [5.41, 5.74) is 0. The average Bonchev–Trinajstić information content (AvgIpc) is 3.30. The molecule has 0 bridgehead atoms. The Morgan fingerprint density at radius 3 is 1.09 bits per heavy atom. The Balaban J connectivity index is 3.62. The summed E-state index contributed by atoms with van der Waals surface area (Å²) in [7, 11) is 0. The molecule has 362 valence electrons. The van der Waals surface area contributed by atoms with Gasteiger partial charge in [0.15, 0.2) is 0 Å². The number of unbranched alkanes of at least 4 members (excludes halogenated alkanes) is 19. The highest BCUT2D eigenvalue weighted by Crippen LogP contribution is 2.14. The Morgan fingerprint density at radius 2 is 0.703 bits per heavy atom. The predicted molar refractivity (Wildman–Crippen MR) is 285 cm³/mol. The summed E-state index contributed by atoms with van der Waals surface area (Å²) < 4.78 is 0. The first-order valence-corrected chi connectivity index (χ1v) is 26.4. The molecule has 64 heavy (non-hydrogen) atoms. The summed E-state index contributed by atoms with van der Waals surface area (Å²) in [5, 5.41) is 23.0. The van der Waals surface area contributed by atoms with E-state index in [0.29, 0.717) is 6.42 Å². The molecule has 0 aromatic rings. The van der Waals surface area contributed by atoms with Crippen LogP contribution in [0.2, 0.25) is 0 Å². The second kappa shape index (κ2) is 53.9. The second-order valence-corrected chi connectivity index (χ2v) is 17.2. The topological polar surface area (TPSA) is 69.6 Å². The first kappa shape index (κ1) is 60.5. The van der Waals surface area contributed by atoms with Gasteiger partial charge in [-0.15, -0.1) is 0 Å². The van der Waals surface area contributed by atoms with E-state index in [2.05, 4.69) is 141 Å². The van der Waals surface area contributed by atoms with Gasteiger partial charge in [-0.05, 0) is 109 Å². The molecule has 1 amide bonds. The predicted octanol–water partition coefficient (Wildman–Crippen LogP) is 17.5. The summed E-state index contributed by atoms with van der Waals surface area (Å²) in [5.74, 6) is -0.0865. The second-order valence-electron chi connectivity index (χ2n) is 17.2. The van der Waals surface area contributed by atoms with Crippen molar-refractivity contribution >= 4 is 5.91 Å². The number of rotatable bonds is 46. The third kappa shape index (κ3) is 49.5. The fourth-order valence-corrected chi connectivity index (χ4v) is 7.11. The van der Waals surface area contributed by atoms with Crippen molar-refractivity contribution in [3.05, 3.63) is 134 Å². The van der Waals surface area contributed by atoms with E-state index in [9.17, 15) is 15.0 Å². The van der Waals surface area contributed by atoms with Crippen LogP contribution in [0.15, 0.2) is 134 Å². The van der Waals surface area contributed by atoms with Gasteiger partial charge in [0.1, 0.15) is 0 Å². The number of hydrogen-bond acceptors (Lipinski definition) is 3. The Bertz CT molecular complexity index is 1320. The minimum absolute atomic E-state index is 0.0865. The molecule has 0 aromatic carbocycles. The van der Waals surface area contributed by atoms with Crippen molar-refractivity contribution in [2.24, 2.45) is 0 Å². The molecule has 0 aromatic heterocycles. The van der Waals surface area contributed by atoms with Gasteiger partial charge in [0.2, 0.25) is 5.91 Å². The number of carbonyl (C=O) groups is 1. The normalized spacial score (nSPS) is 14.0. The molecule has 0 fully saturated rings. The standard InChI is InChI=1S/C60H99NO3/c1-3-5-7-9-11-13-15-17-19-20-21-22-23-24-25-26-27-28-29-30-31-32-33-34-35-36-37-38-39-40-42-44-46-48-50-52-54-56-60(64)61-58(57-62)59(63)55-53-51-49-47-45-43-41-18-16-14-12-10-8-6-4-2/h5,7,11,13,16-19,21-22,24-25,27-28,30-31,33-34,45,47,53,55,58-59,62-63H,3-4,6,8-10,12,14-15,20,23,26,29,32,35-44,46,48-52,54,56-57H2,1-2H3,(H,61,64)/b7-5-,13-11-,18-16+,19-17-,22-21-,25-24-,28-27-,31-30-,34-33-,47-45+,55-53+. The number of aliphatic hydroxyl groups is 2. The maximum absolute atomic E-state index is 12.4. The summed E-state index contributed by atoms with van der Waals surface area (Å²) in [6, 6.07) is -0.654. The van der Waals surface area contributed by atoms with Crippen molar-refractivity contribution in [2.45, 2.75) is 231 Å². The van der Waals surface area contributed by atoms with Crippen molar-refractivity contribution in [3.63, 3.8) is 0 Å². The Kier molecular flexibility index (Phi) is 50.9. The third-order valence-corrected chi connectivity index (χ3v) is 11.1. The van der Waals surface area contributed by atoms with Gasteiger partial charge in [0.25, 0.3) is 0 Å². The highest BCUT2D eigenvalue weighted by molar-refractivity contribution is 5.76.